The van der Waals surface area contributed by atoms with E-state index >= 15 is 0 Å². The van der Waals surface area contributed by atoms with Gasteiger partial charge in [-0.3, -0.25) is 0 Å². The number of hydrogen-bond donors (Lipinski definition) is 0. The highest BCUT2D eigenvalue weighted by Crippen LogP contribution is 2.48. The molecule has 4 aromatic rings. The molecule has 0 amide bonds. The Bertz CT molecular complexity index is 1290. The molecule has 2 aliphatic rings. The molecule has 6 rings (SSSR count). The quantitative estimate of drug-likeness (QED) is 0.286. The van der Waals surface area contributed by atoms with Gasteiger partial charge in [0.15, 0.2) is 0 Å². The van der Waals surface area contributed by atoms with E-state index in [4.69, 9.17) is 0 Å². The van der Waals surface area contributed by atoms with E-state index in [1.165, 1.54) is 55.3 Å². The van der Waals surface area contributed by atoms with Gasteiger partial charge in [0.25, 0.3) is 0 Å². The van der Waals surface area contributed by atoms with Gasteiger partial charge in [-0.1, -0.05) is 74.5 Å². The Morgan fingerprint density at radius 3 is 2.25 bits per heavy atom. The van der Waals surface area contributed by atoms with Gasteiger partial charge >= 0.3 is 0 Å². The van der Waals surface area contributed by atoms with Crippen molar-refractivity contribution < 1.29 is 0 Å². The Hall–Kier alpha value is -2.86. The highest BCUT2D eigenvalue weighted by atomic mass is 14.3. The molecule has 136 valence electrons. The highest BCUT2D eigenvalue weighted by molar-refractivity contribution is 6.05. The normalized spacial score (nSPS) is 13.6. The number of hydrogen-bond acceptors (Lipinski definition) is 0. The molecule has 28 heavy (non-hydrogen) atoms. The molecule has 0 atom stereocenters. The molecule has 0 unspecified atom stereocenters. The lowest BCUT2D eigenvalue weighted by Crippen LogP contribution is -1.98. The van der Waals surface area contributed by atoms with Crippen LogP contribution in [0.4, 0.5) is 0 Å². The molecule has 0 heterocycles. The maximum Gasteiger partial charge on any atom is -0.000728 e. The molecule has 0 saturated carbocycles. The average Bonchev–Trinajstić information content (AvgIpc) is 3.25. The maximum absolute atomic E-state index is 2.39. The zero-order chi connectivity index (χ0) is 19.0. The predicted molar refractivity (Wildman–Crippen MR) is 119 cm³/mol. The van der Waals surface area contributed by atoms with Crippen LogP contribution in [-0.2, 0) is 12.8 Å². The minimum absolute atomic E-state index is 0.564. The first-order chi connectivity index (χ1) is 13.6. The van der Waals surface area contributed by atoms with Crippen LogP contribution in [0.2, 0.25) is 0 Å². The van der Waals surface area contributed by atoms with Crippen LogP contribution in [0.3, 0.4) is 0 Å². The van der Waals surface area contributed by atoms with Crippen LogP contribution >= 0.6 is 0 Å². The summed E-state index contributed by atoms with van der Waals surface area (Å²) in [5, 5.41) is 2.87. The molecule has 0 radical (unpaired) electrons. The summed E-state index contributed by atoms with van der Waals surface area (Å²) < 4.78 is 0. The Kier molecular flexibility index (Phi) is 3.21. The molecule has 0 aliphatic heterocycles. The van der Waals surface area contributed by atoms with Gasteiger partial charge in [0.2, 0.25) is 0 Å². The van der Waals surface area contributed by atoms with Gasteiger partial charge in [-0.05, 0) is 92.1 Å². The van der Waals surface area contributed by atoms with Gasteiger partial charge in [0, 0.05) is 0 Å². The van der Waals surface area contributed by atoms with Crippen LogP contribution < -0.4 is 0 Å². The van der Waals surface area contributed by atoms with Crippen molar-refractivity contribution in [3.05, 3.63) is 94.0 Å². The minimum atomic E-state index is 0.564. The van der Waals surface area contributed by atoms with Crippen molar-refractivity contribution in [1.82, 2.24) is 0 Å². The minimum Gasteiger partial charge on any atom is -0.0619 e. The third-order valence-electron chi connectivity index (χ3n) is 6.86. The van der Waals surface area contributed by atoms with Gasteiger partial charge in [0.05, 0.1) is 0 Å². The Labute approximate surface area is 166 Å². The predicted octanol–water partition coefficient (Wildman–Crippen LogP) is 7.41. The van der Waals surface area contributed by atoms with Gasteiger partial charge in [-0.15, -0.1) is 0 Å². The summed E-state index contributed by atoms with van der Waals surface area (Å²) in [6.07, 6.45) is 2.13. The van der Waals surface area contributed by atoms with Crippen molar-refractivity contribution in [2.75, 3.05) is 0 Å². The maximum atomic E-state index is 2.39. The van der Waals surface area contributed by atoms with Gasteiger partial charge in [0.1, 0.15) is 0 Å². The summed E-state index contributed by atoms with van der Waals surface area (Å²) in [6, 6.07) is 23.1. The first-order valence-electron chi connectivity index (χ1n) is 10.4. The molecular formula is C28H24. The lowest BCUT2D eigenvalue weighted by atomic mass is 9.89. The lowest BCUT2D eigenvalue weighted by Gasteiger charge is -2.16. The molecule has 0 fully saturated rings. The van der Waals surface area contributed by atoms with Crippen LogP contribution in [0.25, 0.3) is 33.0 Å². The molecule has 4 aromatic carbocycles. The fraction of sp³-hybridized carbons (Fsp3) is 0.214. The summed E-state index contributed by atoms with van der Waals surface area (Å²) in [5.74, 6) is 0.564. The summed E-state index contributed by atoms with van der Waals surface area (Å²) in [5.41, 5.74) is 14.8. The average molecular weight is 361 g/mol. The molecule has 0 bridgehead atoms. The first kappa shape index (κ1) is 16.1. The zero-order valence-electron chi connectivity index (χ0n) is 16.8. The second-order valence-electron chi connectivity index (χ2n) is 8.77. The largest absolute Gasteiger partial charge is 0.0619 e. The number of aryl methyl sites for hydroxylation is 1. The fourth-order valence-electron chi connectivity index (χ4n) is 5.75. The highest BCUT2D eigenvalue weighted by Gasteiger charge is 2.27. The van der Waals surface area contributed by atoms with E-state index in [-0.39, 0.29) is 0 Å². The van der Waals surface area contributed by atoms with Crippen LogP contribution in [0, 0.1) is 6.92 Å². The zero-order valence-corrected chi connectivity index (χ0v) is 16.8. The van der Waals surface area contributed by atoms with Crippen LogP contribution in [-0.4, -0.2) is 0 Å². The molecule has 0 spiro atoms. The standard InChI is InChI=1S/C28H24/c1-16(2)27-17(3)8-10-24-26(27)15-19-9-11-22-23(28(19)24)13-12-21-20-7-5-4-6-18(20)14-25(21)22/h4-13,16H,14-15H2,1-3H3. The Morgan fingerprint density at radius 1 is 0.643 bits per heavy atom. The SMILES string of the molecule is Cc1ccc2c(c1C(C)C)Cc1ccc3c4c(ccc3c1-2)-c1ccccc1C4. The van der Waals surface area contributed by atoms with E-state index < -0.39 is 0 Å². The summed E-state index contributed by atoms with van der Waals surface area (Å²) in [7, 11) is 0. The molecule has 0 N–H and O–H groups in total. The van der Waals surface area contributed by atoms with E-state index in [9.17, 15) is 0 Å². The molecule has 0 heteroatoms. The Morgan fingerprint density at radius 2 is 1.39 bits per heavy atom. The molecular weight excluding hydrogens is 336 g/mol. The third kappa shape index (κ3) is 2.01. The van der Waals surface area contributed by atoms with Gasteiger partial charge < -0.3 is 0 Å². The smallest absolute Gasteiger partial charge is 0.000728 e. The van der Waals surface area contributed by atoms with E-state index in [1.54, 1.807) is 11.1 Å². The second kappa shape index (κ2) is 5.58. The number of fused-ring (bicyclic) bond motifs is 9. The number of benzene rings is 4. The van der Waals surface area contributed by atoms with E-state index in [1.807, 2.05) is 0 Å². The summed E-state index contributed by atoms with van der Waals surface area (Å²) >= 11 is 0. The molecule has 0 aromatic heterocycles. The van der Waals surface area contributed by atoms with E-state index in [0.29, 0.717) is 5.92 Å². The van der Waals surface area contributed by atoms with Crippen molar-refractivity contribution in [3.63, 3.8) is 0 Å². The Balaban J connectivity index is 1.64. The third-order valence-corrected chi connectivity index (χ3v) is 6.86. The molecule has 0 nitrogen and oxygen atoms in total. The van der Waals surface area contributed by atoms with Gasteiger partial charge in [-0.25, -0.2) is 0 Å². The fourth-order valence-corrected chi connectivity index (χ4v) is 5.75. The van der Waals surface area contributed by atoms with Crippen LogP contribution in [0.1, 0.15) is 53.1 Å². The van der Waals surface area contributed by atoms with Crippen molar-refractivity contribution in [2.45, 2.75) is 39.5 Å². The molecule has 2 aliphatic carbocycles. The number of rotatable bonds is 1. The topological polar surface area (TPSA) is 0 Å². The van der Waals surface area contributed by atoms with Crippen molar-refractivity contribution >= 4 is 10.8 Å². The van der Waals surface area contributed by atoms with Gasteiger partial charge in [-0.2, -0.15) is 0 Å². The summed E-state index contributed by atoms with van der Waals surface area (Å²) in [4.78, 5) is 0. The second-order valence-corrected chi connectivity index (χ2v) is 8.77. The van der Waals surface area contributed by atoms with E-state index in [2.05, 4.69) is 81.4 Å². The monoisotopic (exact) mass is 360 g/mol. The van der Waals surface area contributed by atoms with Crippen LogP contribution in [0.5, 0.6) is 0 Å². The van der Waals surface area contributed by atoms with E-state index in [0.717, 1.165) is 12.8 Å². The molecule has 0 saturated heterocycles. The van der Waals surface area contributed by atoms with Crippen LogP contribution in [0.15, 0.2) is 60.7 Å². The van der Waals surface area contributed by atoms with Crippen molar-refractivity contribution in [3.8, 4) is 22.3 Å². The first-order valence-corrected chi connectivity index (χ1v) is 10.4. The van der Waals surface area contributed by atoms with Crippen molar-refractivity contribution in [1.29, 1.82) is 0 Å². The summed E-state index contributed by atoms with van der Waals surface area (Å²) in [6.45, 7) is 6.92. The van der Waals surface area contributed by atoms with Crippen molar-refractivity contribution in [2.24, 2.45) is 0 Å². The lowest BCUT2D eigenvalue weighted by molar-refractivity contribution is 0.842.